The Hall–Kier alpha value is -1.99. The molecule has 2 fully saturated rings. The number of carbonyl (C=O) groups excluding carboxylic acids is 2. The summed E-state index contributed by atoms with van der Waals surface area (Å²) in [7, 11) is 0. The van der Waals surface area contributed by atoms with Crippen LogP contribution in [0, 0.1) is 5.92 Å². The summed E-state index contributed by atoms with van der Waals surface area (Å²) in [5.74, 6) is 0.646. The molecule has 29 heavy (non-hydrogen) atoms. The number of thiazole rings is 1. The van der Waals surface area contributed by atoms with Gasteiger partial charge in [-0.15, -0.1) is 11.3 Å². The van der Waals surface area contributed by atoms with Gasteiger partial charge < -0.3 is 10.2 Å². The molecular weight excluding hydrogens is 408 g/mol. The van der Waals surface area contributed by atoms with Crippen LogP contribution in [0.25, 0.3) is 0 Å². The number of piperidine rings is 1. The smallest absolute Gasteiger partial charge is 0.275 e. The normalized spacial score (nSPS) is 18.6. The molecule has 3 heterocycles. The lowest BCUT2D eigenvalue weighted by Crippen LogP contribution is -2.41. The first-order valence-electron chi connectivity index (χ1n) is 10.3. The van der Waals surface area contributed by atoms with Crippen molar-refractivity contribution in [2.75, 3.05) is 18.4 Å². The van der Waals surface area contributed by atoms with Gasteiger partial charge in [0, 0.05) is 30.3 Å². The van der Waals surface area contributed by atoms with E-state index in [2.05, 4.69) is 15.3 Å². The molecule has 0 radical (unpaired) electrons. The first kappa shape index (κ1) is 20.3. The molecule has 154 valence electrons. The van der Waals surface area contributed by atoms with Crippen molar-refractivity contribution >= 4 is 40.4 Å². The number of carbonyl (C=O) groups is 2. The summed E-state index contributed by atoms with van der Waals surface area (Å²) in [4.78, 5) is 35.7. The van der Waals surface area contributed by atoms with E-state index in [4.69, 9.17) is 11.6 Å². The van der Waals surface area contributed by atoms with Gasteiger partial charge in [-0.1, -0.05) is 30.9 Å². The fourth-order valence-electron chi connectivity index (χ4n) is 4.18. The molecule has 0 unspecified atom stereocenters. The lowest BCUT2D eigenvalue weighted by Gasteiger charge is -2.34. The number of rotatable bonds is 4. The van der Waals surface area contributed by atoms with E-state index in [1.165, 1.54) is 36.8 Å². The minimum Gasteiger partial charge on any atom is -0.342 e. The molecule has 0 atom stereocenters. The highest BCUT2D eigenvalue weighted by Crippen LogP contribution is 2.32. The molecule has 2 amide bonds. The van der Waals surface area contributed by atoms with Crippen molar-refractivity contribution in [3.63, 3.8) is 0 Å². The number of hydrogen-bond acceptors (Lipinski definition) is 5. The van der Waals surface area contributed by atoms with Gasteiger partial charge in [0.15, 0.2) is 0 Å². The van der Waals surface area contributed by atoms with Gasteiger partial charge in [0.05, 0.1) is 16.9 Å². The molecule has 4 rings (SSSR count). The molecule has 8 heteroatoms. The van der Waals surface area contributed by atoms with E-state index in [0.29, 0.717) is 28.4 Å². The number of likely N-dealkylation sites (tertiary alicyclic amines) is 1. The average Bonchev–Trinajstić information content (AvgIpc) is 3.26. The van der Waals surface area contributed by atoms with Gasteiger partial charge in [-0.25, -0.2) is 9.97 Å². The second-order valence-electron chi connectivity index (χ2n) is 7.83. The summed E-state index contributed by atoms with van der Waals surface area (Å²) >= 11 is 7.29. The number of pyridine rings is 1. The SMILES string of the molecule is O=C(Nc1ccc(Cl)nc1)c1csc(C2CCN(C(=O)C3CCCCC3)CC2)n1. The van der Waals surface area contributed by atoms with E-state index < -0.39 is 0 Å². The van der Waals surface area contributed by atoms with Crippen molar-refractivity contribution < 1.29 is 9.59 Å². The van der Waals surface area contributed by atoms with Crippen LogP contribution in [0.15, 0.2) is 23.7 Å². The summed E-state index contributed by atoms with van der Waals surface area (Å²) in [5.41, 5.74) is 1.00. The number of amides is 2. The third-order valence-corrected chi connectivity index (χ3v) is 7.08. The van der Waals surface area contributed by atoms with Crippen LogP contribution in [0.4, 0.5) is 5.69 Å². The molecule has 1 saturated heterocycles. The highest BCUT2D eigenvalue weighted by Gasteiger charge is 2.30. The summed E-state index contributed by atoms with van der Waals surface area (Å²) in [6.45, 7) is 1.58. The van der Waals surface area contributed by atoms with E-state index >= 15 is 0 Å². The van der Waals surface area contributed by atoms with Crippen LogP contribution < -0.4 is 5.32 Å². The number of halogens is 1. The van der Waals surface area contributed by atoms with Crippen LogP contribution in [-0.2, 0) is 4.79 Å². The molecule has 2 aromatic heterocycles. The van der Waals surface area contributed by atoms with Crippen LogP contribution in [0.1, 0.15) is 66.4 Å². The number of nitrogens with zero attached hydrogens (tertiary/aromatic N) is 3. The van der Waals surface area contributed by atoms with Crippen molar-refractivity contribution in [2.45, 2.75) is 50.9 Å². The second-order valence-corrected chi connectivity index (χ2v) is 9.11. The van der Waals surface area contributed by atoms with Crippen LogP contribution >= 0.6 is 22.9 Å². The molecule has 0 bridgehead atoms. The topological polar surface area (TPSA) is 75.2 Å². The van der Waals surface area contributed by atoms with Crippen LogP contribution in [0.2, 0.25) is 5.15 Å². The van der Waals surface area contributed by atoms with Crippen LogP contribution in [-0.4, -0.2) is 39.8 Å². The quantitative estimate of drug-likeness (QED) is 0.708. The maximum atomic E-state index is 12.7. The fourth-order valence-corrected chi connectivity index (χ4v) is 5.26. The lowest BCUT2D eigenvalue weighted by molar-refractivity contribution is -0.137. The van der Waals surface area contributed by atoms with Crippen LogP contribution in [0.5, 0.6) is 0 Å². The van der Waals surface area contributed by atoms with Gasteiger partial charge in [0.25, 0.3) is 5.91 Å². The van der Waals surface area contributed by atoms with Gasteiger partial charge >= 0.3 is 0 Å². The molecule has 2 aromatic rings. The summed E-state index contributed by atoms with van der Waals surface area (Å²) in [6, 6.07) is 3.34. The van der Waals surface area contributed by atoms with Gasteiger partial charge in [-0.2, -0.15) is 0 Å². The maximum Gasteiger partial charge on any atom is 0.275 e. The van der Waals surface area contributed by atoms with Crippen molar-refractivity contribution in [3.05, 3.63) is 39.6 Å². The van der Waals surface area contributed by atoms with E-state index in [-0.39, 0.29) is 11.8 Å². The first-order valence-corrected chi connectivity index (χ1v) is 11.5. The Morgan fingerprint density at radius 2 is 1.86 bits per heavy atom. The Kier molecular flexibility index (Phi) is 6.45. The van der Waals surface area contributed by atoms with E-state index in [1.807, 2.05) is 4.90 Å². The van der Waals surface area contributed by atoms with E-state index in [9.17, 15) is 9.59 Å². The Morgan fingerprint density at radius 3 is 2.55 bits per heavy atom. The van der Waals surface area contributed by atoms with Gasteiger partial charge in [-0.05, 0) is 37.8 Å². The Balaban J connectivity index is 1.31. The summed E-state index contributed by atoms with van der Waals surface area (Å²) in [6.07, 6.45) is 9.07. The number of hydrogen-bond donors (Lipinski definition) is 1. The first-order chi connectivity index (χ1) is 14.1. The molecule has 6 nitrogen and oxygen atoms in total. The van der Waals surface area contributed by atoms with Crippen molar-refractivity contribution in [2.24, 2.45) is 5.92 Å². The maximum absolute atomic E-state index is 12.7. The zero-order valence-corrected chi connectivity index (χ0v) is 17.8. The highest BCUT2D eigenvalue weighted by atomic mass is 35.5. The molecule has 0 aromatic carbocycles. The minimum absolute atomic E-state index is 0.234. The summed E-state index contributed by atoms with van der Waals surface area (Å²) in [5, 5.41) is 5.95. The van der Waals surface area contributed by atoms with Crippen molar-refractivity contribution in [1.29, 1.82) is 0 Å². The van der Waals surface area contributed by atoms with Crippen LogP contribution in [0.3, 0.4) is 0 Å². The third kappa shape index (κ3) is 4.95. The fraction of sp³-hybridized carbons (Fsp3) is 0.524. The Morgan fingerprint density at radius 1 is 1.10 bits per heavy atom. The monoisotopic (exact) mass is 432 g/mol. The van der Waals surface area contributed by atoms with E-state index in [1.54, 1.807) is 17.5 Å². The predicted octanol–water partition coefficient (Wildman–Crippen LogP) is 4.73. The molecule has 1 N–H and O–H groups in total. The molecule has 1 saturated carbocycles. The Bertz CT molecular complexity index is 856. The number of nitrogens with one attached hydrogen (secondary N) is 1. The molecule has 2 aliphatic rings. The van der Waals surface area contributed by atoms with Crippen molar-refractivity contribution in [3.8, 4) is 0 Å². The second kappa shape index (κ2) is 9.22. The largest absolute Gasteiger partial charge is 0.342 e. The lowest BCUT2D eigenvalue weighted by atomic mass is 9.87. The molecule has 0 spiro atoms. The predicted molar refractivity (Wildman–Crippen MR) is 114 cm³/mol. The summed E-state index contributed by atoms with van der Waals surface area (Å²) < 4.78 is 0. The Labute approximate surface area is 179 Å². The minimum atomic E-state index is -0.249. The zero-order chi connectivity index (χ0) is 20.2. The molecular formula is C21H25ClN4O2S. The van der Waals surface area contributed by atoms with Crippen molar-refractivity contribution in [1.82, 2.24) is 14.9 Å². The highest BCUT2D eigenvalue weighted by molar-refractivity contribution is 7.10. The van der Waals surface area contributed by atoms with Gasteiger partial charge in [-0.3, -0.25) is 9.59 Å². The number of anilines is 1. The van der Waals surface area contributed by atoms with Gasteiger partial charge in [0.2, 0.25) is 5.91 Å². The zero-order valence-electron chi connectivity index (χ0n) is 16.3. The number of aromatic nitrogens is 2. The standard InChI is InChI=1S/C21H25ClN4O2S/c22-18-7-6-16(12-23-18)24-19(27)17-13-29-20(25-17)14-8-10-26(11-9-14)21(28)15-4-2-1-3-5-15/h6-7,12-15H,1-5,8-11H2,(H,24,27). The molecule has 1 aliphatic carbocycles. The molecule has 1 aliphatic heterocycles. The van der Waals surface area contributed by atoms with Gasteiger partial charge in [0.1, 0.15) is 10.8 Å². The van der Waals surface area contributed by atoms with E-state index in [0.717, 1.165) is 43.8 Å². The third-order valence-electron chi connectivity index (χ3n) is 5.85. The average molecular weight is 433 g/mol.